The van der Waals surface area contributed by atoms with Crippen LogP contribution in [0.4, 0.5) is 4.39 Å². The van der Waals surface area contributed by atoms with Crippen LogP contribution in [0.5, 0.6) is 0 Å². The molecule has 0 amide bonds. The molecule has 0 spiro atoms. The average molecular weight is 405 g/mol. The van der Waals surface area contributed by atoms with Crippen molar-refractivity contribution in [3.8, 4) is 23.0 Å². The second-order valence-electron chi connectivity index (χ2n) is 8.98. The topological polar surface area (TPSA) is 0 Å². The van der Waals surface area contributed by atoms with E-state index in [9.17, 15) is 4.39 Å². The van der Waals surface area contributed by atoms with Crippen molar-refractivity contribution in [2.75, 3.05) is 0 Å². The van der Waals surface area contributed by atoms with Crippen molar-refractivity contribution in [1.29, 1.82) is 0 Å². The molecule has 3 rings (SSSR count). The van der Waals surface area contributed by atoms with Gasteiger partial charge in [-0.15, -0.1) is 0 Å². The van der Waals surface area contributed by atoms with E-state index in [0.717, 1.165) is 23.5 Å². The zero-order chi connectivity index (χ0) is 21.2. The highest BCUT2D eigenvalue weighted by molar-refractivity contribution is 5.65. The van der Waals surface area contributed by atoms with E-state index in [1.807, 2.05) is 24.3 Å². The Labute approximate surface area is 183 Å². The molecular formula is C29H37F. The normalized spacial score (nSPS) is 18.6. The number of rotatable bonds is 8. The maximum absolute atomic E-state index is 14.7. The van der Waals surface area contributed by atoms with Gasteiger partial charge in [0.25, 0.3) is 0 Å². The van der Waals surface area contributed by atoms with Crippen LogP contribution in [-0.4, -0.2) is 0 Å². The average Bonchev–Trinajstić information content (AvgIpc) is 2.78. The number of hydrogen-bond acceptors (Lipinski definition) is 0. The fraction of sp³-hybridized carbons (Fsp3) is 0.517. The highest BCUT2D eigenvalue weighted by Crippen LogP contribution is 2.32. The molecule has 1 heteroatoms. The van der Waals surface area contributed by atoms with Crippen molar-refractivity contribution in [1.82, 2.24) is 0 Å². The van der Waals surface area contributed by atoms with Gasteiger partial charge in [0.05, 0.1) is 0 Å². The summed E-state index contributed by atoms with van der Waals surface area (Å²) in [5, 5.41) is 0. The zero-order valence-electron chi connectivity index (χ0n) is 18.9. The highest BCUT2D eigenvalue weighted by atomic mass is 19.1. The summed E-state index contributed by atoms with van der Waals surface area (Å²) < 4.78 is 14.7. The van der Waals surface area contributed by atoms with Crippen LogP contribution in [0.3, 0.4) is 0 Å². The lowest BCUT2D eigenvalue weighted by molar-refractivity contribution is 0.294. The summed E-state index contributed by atoms with van der Waals surface area (Å²) >= 11 is 0. The van der Waals surface area contributed by atoms with Crippen LogP contribution in [0, 0.1) is 29.5 Å². The molecule has 2 aromatic rings. The number of unbranched alkanes of at least 4 members (excludes halogenated alkanes) is 3. The van der Waals surface area contributed by atoms with Gasteiger partial charge < -0.3 is 0 Å². The molecule has 0 bridgehead atoms. The molecule has 1 fully saturated rings. The van der Waals surface area contributed by atoms with Crippen molar-refractivity contribution in [2.24, 2.45) is 11.8 Å². The minimum atomic E-state index is -0.178. The molecule has 0 atom stereocenters. The van der Waals surface area contributed by atoms with Gasteiger partial charge in [0.15, 0.2) is 0 Å². The summed E-state index contributed by atoms with van der Waals surface area (Å²) in [7, 11) is 0. The number of aryl methyl sites for hydroxylation is 1. The van der Waals surface area contributed by atoms with E-state index in [-0.39, 0.29) is 5.82 Å². The third-order valence-electron chi connectivity index (χ3n) is 6.54. The van der Waals surface area contributed by atoms with E-state index in [0.29, 0.717) is 11.5 Å². The third-order valence-corrected chi connectivity index (χ3v) is 6.54. The van der Waals surface area contributed by atoms with Gasteiger partial charge in [-0.2, -0.15) is 0 Å². The van der Waals surface area contributed by atoms with Crippen molar-refractivity contribution in [3.63, 3.8) is 0 Å². The smallest absolute Gasteiger partial charge is 0.132 e. The van der Waals surface area contributed by atoms with E-state index < -0.39 is 0 Å². The van der Waals surface area contributed by atoms with Crippen LogP contribution in [0.1, 0.15) is 89.2 Å². The lowest BCUT2D eigenvalue weighted by Crippen LogP contribution is -2.13. The molecule has 1 aliphatic carbocycles. The first-order valence-corrected chi connectivity index (χ1v) is 12.1. The van der Waals surface area contributed by atoms with Crippen LogP contribution in [0.2, 0.25) is 0 Å². The summed E-state index contributed by atoms with van der Waals surface area (Å²) in [4.78, 5) is 0. The summed E-state index contributed by atoms with van der Waals surface area (Å²) in [6, 6.07) is 13.8. The van der Waals surface area contributed by atoms with E-state index in [1.165, 1.54) is 69.8 Å². The molecule has 160 valence electrons. The van der Waals surface area contributed by atoms with Crippen LogP contribution in [0.15, 0.2) is 42.5 Å². The Bertz CT molecular complexity index is 829. The minimum absolute atomic E-state index is 0.178. The van der Waals surface area contributed by atoms with Gasteiger partial charge in [0, 0.05) is 17.0 Å². The van der Waals surface area contributed by atoms with Gasteiger partial charge in [-0.1, -0.05) is 88.1 Å². The van der Waals surface area contributed by atoms with Gasteiger partial charge >= 0.3 is 0 Å². The van der Waals surface area contributed by atoms with E-state index in [1.54, 1.807) is 6.07 Å². The van der Waals surface area contributed by atoms with Crippen molar-refractivity contribution in [3.05, 3.63) is 59.4 Å². The SMILES string of the molecule is CCCCC[C@H]1CC[C@H](C#Cc2ccc(-c3ccc(CCCC)cc3)c(F)c2)CC1. The summed E-state index contributed by atoms with van der Waals surface area (Å²) in [6.45, 7) is 4.47. The van der Waals surface area contributed by atoms with E-state index >= 15 is 0 Å². The standard InChI is InChI=1S/C29H37F/c1-3-5-7-9-24-10-12-25(13-11-24)14-15-26-18-21-28(29(30)22-26)27-19-16-23(17-20-27)8-6-4-2/h16-22,24-25H,3-13H2,1-2H3/t24-,25-. The fourth-order valence-corrected chi connectivity index (χ4v) is 4.52. The maximum Gasteiger partial charge on any atom is 0.132 e. The number of halogens is 1. The predicted molar refractivity (Wildman–Crippen MR) is 127 cm³/mol. The molecule has 0 saturated heterocycles. The Balaban J connectivity index is 1.56. The second-order valence-corrected chi connectivity index (χ2v) is 8.98. The van der Waals surface area contributed by atoms with Gasteiger partial charge in [-0.05, 0) is 67.7 Å². The predicted octanol–water partition coefficient (Wildman–Crippen LogP) is 8.57. The third kappa shape index (κ3) is 6.73. The van der Waals surface area contributed by atoms with E-state index in [2.05, 4.69) is 37.8 Å². The van der Waals surface area contributed by atoms with Crippen LogP contribution in [0.25, 0.3) is 11.1 Å². The molecule has 0 aliphatic heterocycles. The Morgan fingerprint density at radius 2 is 1.60 bits per heavy atom. The van der Waals surface area contributed by atoms with Gasteiger partial charge in [-0.25, -0.2) is 4.39 Å². The first-order chi connectivity index (χ1) is 14.7. The Morgan fingerprint density at radius 1 is 0.867 bits per heavy atom. The molecule has 30 heavy (non-hydrogen) atoms. The van der Waals surface area contributed by atoms with E-state index in [4.69, 9.17) is 0 Å². The summed E-state index contributed by atoms with van der Waals surface area (Å²) in [5.74, 6) is 7.87. The molecular weight excluding hydrogens is 367 g/mol. The summed E-state index contributed by atoms with van der Waals surface area (Å²) in [6.07, 6.45) is 13.9. The number of hydrogen-bond donors (Lipinski definition) is 0. The molecule has 0 radical (unpaired) electrons. The maximum atomic E-state index is 14.7. The molecule has 0 unspecified atom stereocenters. The lowest BCUT2D eigenvalue weighted by Gasteiger charge is -2.25. The molecule has 0 heterocycles. The second kappa shape index (κ2) is 11.9. The van der Waals surface area contributed by atoms with Gasteiger partial charge in [-0.3, -0.25) is 0 Å². The first-order valence-electron chi connectivity index (χ1n) is 12.1. The van der Waals surface area contributed by atoms with Gasteiger partial charge in [0.2, 0.25) is 0 Å². The largest absolute Gasteiger partial charge is 0.206 e. The lowest BCUT2D eigenvalue weighted by atomic mass is 9.80. The first kappa shape index (κ1) is 22.6. The number of benzene rings is 2. The monoisotopic (exact) mass is 404 g/mol. The van der Waals surface area contributed by atoms with Crippen LogP contribution < -0.4 is 0 Å². The molecule has 2 aromatic carbocycles. The van der Waals surface area contributed by atoms with Crippen molar-refractivity contribution >= 4 is 0 Å². The Hall–Kier alpha value is -2.07. The fourth-order valence-electron chi connectivity index (χ4n) is 4.52. The molecule has 0 nitrogen and oxygen atoms in total. The zero-order valence-corrected chi connectivity index (χ0v) is 18.9. The molecule has 1 saturated carbocycles. The quantitative estimate of drug-likeness (QED) is 0.305. The Morgan fingerprint density at radius 3 is 2.27 bits per heavy atom. The van der Waals surface area contributed by atoms with Crippen molar-refractivity contribution in [2.45, 2.75) is 84.5 Å². The Kier molecular flexibility index (Phi) is 9.00. The van der Waals surface area contributed by atoms with Crippen LogP contribution >= 0.6 is 0 Å². The molecule has 1 aliphatic rings. The van der Waals surface area contributed by atoms with Crippen molar-refractivity contribution < 1.29 is 4.39 Å². The molecule has 0 aromatic heterocycles. The van der Waals surface area contributed by atoms with Crippen LogP contribution in [-0.2, 0) is 6.42 Å². The highest BCUT2D eigenvalue weighted by Gasteiger charge is 2.19. The minimum Gasteiger partial charge on any atom is -0.206 e. The molecule has 0 N–H and O–H groups in total. The van der Waals surface area contributed by atoms with Gasteiger partial charge in [0.1, 0.15) is 5.82 Å². The summed E-state index contributed by atoms with van der Waals surface area (Å²) in [5.41, 5.74) is 3.72.